The van der Waals surface area contributed by atoms with Crippen molar-refractivity contribution < 1.29 is 0 Å². The summed E-state index contributed by atoms with van der Waals surface area (Å²) in [6.45, 7) is 0.350. The quantitative estimate of drug-likeness (QED) is 0.527. The number of aromatic amines is 2. The summed E-state index contributed by atoms with van der Waals surface area (Å²) in [7, 11) is 0. The van der Waals surface area contributed by atoms with Gasteiger partial charge in [-0.2, -0.15) is 10.4 Å². The van der Waals surface area contributed by atoms with Crippen LogP contribution in [-0.4, -0.2) is 15.2 Å². The topological polar surface area (TPSA) is 97.4 Å². The number of hydrogen-bond acceptors (Lipinski definition) is 4. The Morgan fingerprint density at radius 3 is 2.84 bits per heavy atom. The van der Waals surface area contributed by atoms with Crippen LogP contribution >= 0.6 is 11.6 Å². The number of H-pyrrole nitrogens is 2. The molecule has 2 aromatic heterocycles. The van der Waals surface area contributed by atoms with Crippen LogP contribution in [0.1, 0.15) is 11.3 Å². The molecule has 0 radical (unpaired) electrons. The van der Waals surface area contributed by atoms with Crippen molar-refractivity contribution in [3.8, 4) is 6.07 Å². The third-order valence-corrected chi connectivity index (χ3v) is 4.27. The normalized spacial score (nSPS) is 10.9. The van der Waals surface area contributed by atoms with Crippen molar-refractivity contribution in [1.29, 1.82) is 5.26 Å². The van der Waals surface area contributed by atoms with Gasteiger partial charge in [-0.05, 0) is 42.5 Å². The van der Waals surface area contributed by atoms with E-state index in [4.69, 9.17) is 16.9 Å². The van der Waals surface area contributed by atoms with E-state index in [1.165, 1.54) is 0 Å². The Morgan fingerprint density at radius 2 is 2.00 bits per heavy atom. The first-order chi connectivity index (χ1) is 12.1. The molecule has 0 aliphatic carbocycles. The van der Waals surface area contributed by atoms with Gasteiger partial charge in [-0.3, -0.25) is 9.89 Å². The molecule has 25 heavy (non-hydrogen) atoms. The van der Waals surface area contributed by atoms with Gasteiger partial charge in [0.25, 0.3) is 5.56 Å². The Balaban J connectivity index is 1.65. The van der Waals surface area contributed by atoms with Crippen molar-refractivity contribution in [2.45, 2.75) is 6.54 Å². The highest BCUT2D eigenvalue weighted by atomic mass is 35.5. The third kappa shape index (κ3) is 2.82. The van der Waals surface area contributed by atoms with Crippen LogP contribution in [0.15, 0.2) is 47.3 Å². The second-order valence-electron chi connectivity index (χ2n) is 5.65. The van der Waals surface area contributed by atoms with Gasteiger partial charge in [0, 0.05) is 39.1 Å². The van der Waals surface area contributed by atoms with Gasteiger partial charge in [0.1, 0.15) is 6.07 Å². The molecule has 3 N–H and O–H groups in total. The first-order valence-corrected chi connectivity index (χ1v) is 7.95. The molecule has 0 atom stereocenters. The highest BCUT2D eigenvalue weighted by Crippen LogP contribution is 2.21. The molecule has 6 nitrogen and oxygen atoms in total. The molecule has 0 unspecified atom stereocenters. The molecule has 0 aliphatic rings. The number of halogens is 1. The van der Waals surface area contributed by atoms with Crippen LogP contribution in [-0.2, 0) is 6.54 Å². The number of nitrogens with one attached hydrogen (secondary N) is 3. The lowest BCUT2D eigenvalue weighted by molar-refractivity contribution is 1.09. The van der Waals surface area contributed by atoms with Gasteiger partial charge in [0.15, 0.2) is 5.69 Å². The fourth-order valence-corrected chi connectivity index (χ4v) is 2.94. The zero-order valence-electron chi connectivity index (χ0n) is 12.9. The fourth-order valence-electron chi connectivity index (χ4n) is 2.76. The number of pyridine rings is 1. The summed E-state index contributed by atoms with van der Waals surface area (Å²) in [4.78, 5) is 15.1. The molecular formula is C18H12ClN5O. The maximum atomic E-state index is 12.2. The molecule has 4 rings (SSSR count). The predicted octanol–water partition coefficient (Wildman–Crippen LogP) is 3.54. The minimum Gasteiger partial charge on any atom is -0.381 e. The molecule has 2 aromatic carbocycles. The van der Waals surface area contributed by atoms with E-state index < -0.39 is 0 Å². The summed E-state index contributed by atoms with van der Waals surface area (Å²) in [6, 6.07) is 14.8. The number of rotatable bonds is 3. The first kappa shape index (κ1) is 15.2. The average Bonchev–Trinajstić information content (AvgIpc) is 3.02. The number of fused-ring (bicyclic) bond motifs is 2. The molecule has 0 fully saturated rings. The van der Waals surface area contributed by atoms with E-state index in [9.17, 15) is 4.79 Å². The monoisotopic (exact) mass is 349 g/mol. The highest BCUT2D eigenvalue weighted by Gasteiger charge is 2.07. The number of benzene rings is 2. The molecule has 0 saturated carbocycles. The Hall–Kier alpha value is -3.30. The van der Waals surface area contributed by atoms with E-state index in [0.29, 0.717) is 22.8 Å². The van der Waals surface area contributed by atoms with Gasteiger partial charge in [0.05, 0.1) is 5.52 Å². The summed E-state index contributed by atoms with van der Waals surface area (Å²) in [5.74, 6) is 0. The lowest BCUT2D eigenvalue weighted by Crippen LogP contribution is -2.15. The van der Waals surface area contributed by atoms with Gasteiger partial charge < -0.3 is 10.3 Å². The summed E-state index contributed by atoms with van der Waals surface area (Å²) >= 11 is 6.01. The molecule has 0 spiro atoms. The van der Waals surface area contributed by atoms with Crippen molar-refractivity contribution in [3.63, 3.8) is 0 Å². The van der Waals surface area contributed by atoms with Crippen LogP contribution in [0.4, 0.5) is 5.69 Å². The summed E-state index contributed by atoms with van der Waals surface area (Å²) in [5.41, 5.74) is 3.14. The number of anilines is 1. The highest BCUT2D eigenvalue weighted by molar-refractivity contribution is 6.31. The van der Waals surface area contributed by atoms with Gasteiger partial charge >= 0.3 is 0 Å². The van der Waals surface area contributed by atoms with Crippen LogP contribution in [0, 0.1) is 11.3 Å². The molecule has 2 heterocycles. The Morgan fingerprint density at radius 1 is 1.16 bits per heavy atom. The minimum absolute atomic E-state index is 0.149. The second-order valence-corrected chi connectivity index (χ2v) is 6.09. The minimum atomic E-state index is -0.149. The molecule has 122 valence electrons. The molecule has 7 heteroatoms. The van der Waals surface area contributed by atoms with Crippen molar-refractivity contribution in [3.05, 3.63) is 69.1 Å². The Labute approximate surface area is 147 Å². The van der Waals surface area contributed by atoms with Crippen LogP contribution in [0.25, 0.3) is 21.8 Å². The maximum absolute atomic E-state index is 12.2. The Bertz CT molecular complexity index is 1200. The Kier molecular flexibility index (Phi) is 3.64. The van der Waals surface area contributed by atoms with Crippen LogP contribution in [0.2, 0.25) is 5.02 Å². The molecule has 0 bridgehead atoms. The van der Waals surface area contributed by atoms with E-state index in [1.807, 2.05) is 36.4 Å². The zero-order chi connectivity index (χ0) is 17.4. The molecule has 0 amide bonds. The van der Waals surface area contributed by atoms with Crippen LogP contribution < -0.4 is 10.9 Å². The zero-order valence-corrected chi connectivity index (χ0v) is 13.7. The fraction of sp³-hybridized carbons (Fsp3) is 0.0556. The number of nitrogens with zero attached hydrogens (tertiary/aromatic N) is 2. The number of hydrogen-bond donors (Lipinski definition) is 3. The number of nitriles is 1. The van der Waals surface area contributed by atoms with Crippen molar-refractivity contribution >= 4 is 39.1 Å². The first-order valence-electron chi connectivity index (χ1n) is 7.57. The smallest absolute Gasteiger partial charge is 0.253 e. The van der Waals surface area contributed by atoms with Crippen molar-refractivity contribution in [2.75, 3.05) is 5.32 Å². The lowest BCUT2D eigenvalue weighted by Gasteiger charge is -2.07. The van der Waals surface area contributed by atoms with Crippen molar-refractivity contribution in [2.24, 2.45) is 0 Å². The summed E-state index contributed by atoms with van der Waals surface area (Å²) in [6.07, 6.45) is 0. The van der Waals surface area contributed by atoms with E-state index in [2.05, 4.69) is 20.5 Å². The van der Waals surface area contributed by atoms with Gasteiger partial charge in [-0.1, -0.05) is 11.6 Å². The van der Waals surface area contributed by atoms with E-state index in [-0.39, 0.29) is 5.56 Å². The van der Waals surface area contributed by atoms with E-state index in [0.717, 1.165) is 27.5 Å². The SMILES string of the molecule is N#Cc1n[nH]c2ccc(NCc3cc4cc(Cl)ccc4[nH]c3=O)cc12. The maximum Gasteiger partial charge on any atom is 0.253 e. The van der Waals surface area contributed by atoms with Gasteiger partial charge in [-0.15, -0.1) is 0 Å². The standard InChI is InChI=1S/C18H12ClN5O/c19-12-1-3-15-10(6-12)5-11(18(25)22-15)9-21-13-2-4-16-14(7-13)17(8-20)24-23-16/h1-7,21H,9H2,(H,22,25)(H,23,24). The molecule has 0 aliphatic heterocycles. The number of aromatic nitrogens is 3. The van der Waals surface area contributed by atoms with Gasteiger partial charge in [0.2, 0.25) is 0 Å². The molecule has 4 aromatic rings. The molecule has 0 saturated heterocycles. The summed E-state index contributed by atoms with van der Waals surface area (Å²) in [5, 5.41) is 21.3. The second kappa shape index (κ2) is 5.96. The van der Waals surface area contributed by atoms with Crippen molar-refractivity contribution in [1.82, 2.24) is 15.2 Å². The average molecular weight is 350 g/mol. The van der Waals surface area contributed by atoms with E-state index >= 15 is 0 Å². The third-order valence-electron chi connectivity index (χ3n) is 4.03. The van der Waals surface area contributed by atoms with Crippen LogP contribution in [0.5, 0.6) is 0 Å². The van der Waals surface area contributed by atoms with E-state index in [1.54, 1.807) is 12.1 Å². The predicted molar refractivity (Wildman–Crippen MR) is 97.7 cm³/mol. The van der Waals surface area contributed by atoms with Crippen LogP contribution in [0.3, 0.4) is 0 Å². The van der Waals surface area contributed by atoms with Gasteiger partial charge in [-0.25, -0.2) is 0 Å². The largest absolute Gasteiger partial charge is 0.381 e. The summed E-state index contributed by atoms with van der Waals surface area (Å²) < 4.78 is 0. The lowest BCUT2D eigenvalue weighted by atomic mass is 10.1. The molecular weight excluding hydrogens is 338 g/mol.